The summed E-state index contributed by atoms with van der Waals surface area (Å²) in [5.41, 5.74) is 10.3. The summed E-state index contributed by atoms with van der Waals surface area (Å²) in [7, 11) is 0. The highest BCUT2D eigenvalue weighted by molar-refractivity contribution is 6.27. The van der Waals surface area contributed by atoms with Gasteiger partial charge in [-0.15, -0.1) is 0 Å². The molecule has 214 valence electrons. The van der Waals surface area contributed by atoms with Crippen LogP contribution in [-0.4, -0.2) is 9.13 Å². The number of aromatic nitrogens is 2. The van der Waals surface area contributed by atoms with Crippen LogP contribution in [0.3, 0.4) is 0 Å². The molecule has 0 saturated carbocycles. The van der Waals surface area contributed by atoms with E-state index in [2.05, 4.69) is 137 Å². The average molecular weight is 589 g/mol. The van der Waals surface area contributed by atoms with E-state index in [0.717, 1.165) is 66.3 Å². The van der Waals surface area contributed by atoms with Gasteiger partial charge in [0.25, 0.3) is 0 Å². The largest absolute Gasteiger partial charge is 0.456 e. The fourth-order valence-corrected chi connectivity index (χ4v) is 7.87. The molecule has 0 saturated heterocycles. The van der Waals surface area contributed by atoms with E-state index in [9.17, 15) is 0 Å². The minimum atomic E-state index is 0.885. The zero-order chi connectivity index (χ0) is 29.9. The number of furan rings is 2. The van der Waals surface area contributed by atoms with Crippen LogP contribution < -0.4 is 0 Å². The van der Waals surface area contributed by atoms with Crippen LogP contribution in [0.25, 0.3) is 98.9 Å². The van der Waals surface area contributed by atoms with Gasteiger partial charge < -0.3 is 18.0 Å². The maximum atomic E-state index is 6.58. The first kappa shape index (κ1) is 24.1. The highest BCUT2D eigenvalue weighted by Crippen LogP contribution is 2.45. The van der Waals surface area contributed by atoms with Crippen molar-refractivity contribution in [2.45, 2.75) is 0 Å². The Bertz CT molecular complexity index is 3040. The average Bonchev–Trinajstić information content (AvgIpc) is 3.85. The third-order valence-electron chi connectivity index (χ3n) is 9.72. The summed E-state index contributed by atoms with van der Waals surface area (Å²) in [6.07, 6.45) is 0. The standard InChI is InChI=1S/C42H24N2O2/c1-5-16-31-25(11-1)27-23-24-34-40(41(27)44(31)33-18-10-22-38-39(33)30-14-4-8-21-37(30)45-38)29-13-2-6-17-32(29)43(34)35-19-9-15-28-26-12-3-7-20-36(26)46-42(28)35/h1-24H. The van der Waals surface area contributed by atoms with Crippen LogP contribution in [0, 0.1) is 0 Å². The van der Waals surface area contributed by atoms with Crippen LogP contribution in [0.5, 0.6) is 0 Å². The van der Waals surface area contributed by atoms with E-state index in [1.54, 1.807) is 0 Å². The summed E-state index contributed by atoms with van der Waals surface area (Å²) in [6, 6.07) is 51.6. The van der Waals surface area contributed by atoms with Gasteiger partial charge in [-0.2, -0.15) is 0 Å². The molecule has 0 radical (unpaired) electrons. The van der Waals surface area contributed by atoms with Crippen LogP contribution >= 0.6 is 0 Å². The predicted octanol–water partition coefficient (Wildman–Crippen LogP) is 11.7. The lowest BCUT2D eigenvalue weighted by atomic mass is 10.1. The number of hydrogen-bond acceptors (Lipinski definition) is 2. The van der Waals surface area contributed by atoms with Crippen molar-refractivity contribution in [2.24, 2.45) is 0 Å². The fourth-order valence-electron chi connectivity index (χ4n) is 7.87. The quantitative estimate of drug-likeness (QED) is 0.201. The van der Waals surface area contributed by atoms with Gasteiger partial charge in [-0.25, -0.2) is 0 Å². The Morgan fingerprint density at radius 1 is 0.326 bits per heavy atom. The molecule has 0 bridgehead atoms. The van der Waals surface area contributed by atoms with Crippen molar-refractivity contribution < 1.29 is 8.83 Å². The van der Waals surface area contributed by atoms with Crippen molar-refractivity contribution in [3.8, 4) is 11.4 Å². The van der Waals surface area contributed by atoms with E-state index >= 15 is 0 Å². The highest BCUT2D eigenvalue weighted by atomic mass is 16.3. The van der Waals surface area contributed by atoms with Crippen LogP contribution in [-0.2, 0) is 0 Å². The third kappa shape index (κ3) is 2.98. The molecule has 0 N–H and O–H groups in total. The molecule has 0 aliphatic rings. The number of para-hydroxylation sites is 5. The highest BCUT2D eigenvalue weighted by Gasteiger charge is 2.24. The van der Waals surface area contributed by atoms with Crippen molar-refractivity contribution in [1.82, 2.24) is 9.13 Å². The van der Waals surface area contributed by atoms with E-state index in [0.29, 0.717) is 0 Å². The Balaban J connectivity index is 1.36. The first-order valence-corrected chi connectivity index (χ1v) is 15.6. The van der Waals surface area contributed by atoms with Crippen molar-refractivity contribution in [3.63, 3.8) is 0 Å². The lowest BCUT2D eigenvalue weighted by Crippen LogP contribution is -1.96. The number of hydrogen-bond donors (Lipinski definition) is 0. The topological polar surface area (TPSA) is 36.1 Å². The molecular weight excluding hydrogens is 564 g/mol. The summed E-state index contributed by atoms with van der Waals surface area (Å²) in [4.78, 5) is 0. The molecule has 7 aromatic carbocycles. The van der Waals surface area contributed by atoms with Crippen LogP contribution in [0.4, 0.5) is 0 Å². The Morgan fingerprint density at radius 3 is 1.78 bits per heavy atom. The van der Waals surface area contributed by atoms with Gasteiger partial charge in [0.1, 0.15) is 16.7 Å². The van der Waals surface area contributed by atoms with Crippen LogP contribution in [0.2, 0.25) is 0 Å². The molecule has 0 fully saturated rings. The summed E-state index contributed by atoms with van der Waals surface area (Å²) < 4.78 is 17.8. The molecule has 4 aromatic heterocycles. The maximum absolute atomic E-state index is 6.58. The second-order valence-corrected chi connectivity index (χ2v) is 12.1. The summed E-state index contributed by atoms with van der Waals surface area (Å²) in [5.74, 6) is 0. The molecule has 0 aliphatic carbocycles. The van der Waals surface area contributed by atoms with E-state index in [1.807, 2.05) is 18.2 Å². The predicted molar refractivity (Wildman–Crippen MR) is 190 cm³/mol. The lowest BCUT2D eigenvalue weighted by molar-refractivity contribution is 0.666. The van der Waals surface area contributed by atoms with Crippen molar-refractivity contribution in [3.05, 3.63) is 146 Å². The van der Waals surface area contributed by atoms with Gasteiger partial charge in [-0.1, -0.05) is 97.1 Å². The van der Waals surface area contributed by atoms with E-state index in [4.69, 9.17) is 8.83 Å². The number of fused-ring (bicyclic) bond motifs is 13. The smallest absolute Gasteiger partial charge is 0.159 e. The van der Waals surface area contributed by atoms with Gasteiger partial charge in [0.05, 0.1) is 38.8 Å². The summed E-state index contributed by atoms with van der Waals surface area (Å²) in [5, 5.41) is 9.33. The Kier molecular flexibility index (Phi) is 4.55. The number of nitrogens with zero attached hydrogens (tertiary/aromatic N) is 2. The molecule has 4 heterocycles. The van der Waals surface area contributed by atoms with E-state index in [-0.39, 0.29) is 0 Å². The lowest BCUT2D eigenvalue weighted by Gasteiger charge is -2.11. The van der Waals surface area contributed by atoms with E-state index < -0.39 is 0 Å². The molecule has 11 rings (SSSR count). The number of rotatable bonds is 2. The Hall–Kier alpha value is -6.26. The maximum Gasteiger partial charge on any atom is 0.159 e. The first-order valence-electron chi connectivity index (χ1n) is 15.6. The van der Waals surface area contributed by atoms with Gasteiger partial charge in [-0.05, 0) is 48.5 Å². The zero-order valence-corrected chi connectivity index (χ0v) is 24.6. The Morgan fingerprint density at radius 2 is 0.935 bits per heavy atom. The minimum absolute atomic E-state index is 0.885. The SMILES string of the molecule is c1ccc2c(c1)oc1c(-n3c4ccccc4c4c3ccc3c5ccccc5n(-c5cccc6oc7ccccc7c56)c34)cccc12. The monoisotopic (exact) mass is 588 g/mol. The molecule has 0 amide bonds. The van der Waals surface area contributed by atoms with Gasteiger partial charge >= 0.3 is 0 Å². The summed E-state index contributed by atoms with van der Waals surface area (Å²) in [6.45, 7) is 0. The molecule has 11 aromatic rings. The third-order valence-corrected chi connectivity index (χ3v) is 9.72. The second-order valence-electron chi connectivity index (χ2n) is 12.1. The summed E-state index contributed by atoms with van der Waals surface area (Å²) >= 11 is 0. The van der Waals surface area contributed by atoms with Gasteiger partial charge in [0, 0.05) is 37.7 Å². The van der Waals surface area contributed by atoms with Crippen LogP contribution in [0.1, 0.15) is 0 Å². The molecular formula is C42H24N2O2. The van der Waals surface area contributed by atoms with Crippen LogP contribution in [0.15, 0.2) is 154 Å². The Labute approximate surface area is 261 Å². The van der Waals surface area contributed by atoms with Crippen molar-refractivity contribution >= 4 is 87.5 Å². The fraction of sp³-hybridized carbons (Fsp3) is 0. The zero-order valence-electron chi connectivity index (χ0n) is 24.6. The molecule has 46 heavy (non-hydrogen) atoms. The number of benzene rings is 7. The molecule has 0 aliphatic heterocycles. The molecule has 0 unspecified atom stereocenters. The normalized spacial score (nSPS) is 12.3. The molecule has 0 atom stereocenters. The molecule has 4 nitrogen and oxygen atoms in total. The van der Waals surface area contributed by atoms with Gasteiger partial charge in [0.2, 0.25) is 0 Å². The van der Waals surface area contributed by atoms with Crippen molar-refractivity contribution in [2.75, 3.05) is 0 Å². The van der Waals surface area contributed by atoms with Crippen molar-refractivity contribution in [1.29, 1.82) is 0 Å². The van der Waals surface area contributed by atoms with Gasteiger partial charge in [0.15, 0.2) is 5.58 Å². The second kappa shape index (κ2) is 8.68. The van der Waals surface area contributed by atoms with Gasteiger partial charge in [-0.3, -0.25) is 0 Å². The molecule has 4 heteroatoms. The van der Waals surface area contributed by atoms with E-state index in [1.165, 1.54) is 32.6 Å². The minimum Gasteiger partial charge on any atom is -0.456 e. The molecule has 0 spiro atoms. The first-order chi connectivity index (χ1) is 22.8.